The van der Waals surface area contributed by atoms with Crippen LogP contribution in [-0.4, -0.2) is 35.8 Å². The molecule has 5 nitrogen and oxygen atoms in total. The van der Waals surface area contributed by atoms with Crippen LogP contribution in [0.3, 0.4) is 0 Å². The summed E-state index contributed by atoms with van der Waals surface area (Å²) in [5.74, 6) is 0. The number of nitrogens with one attached hydrogen (secondary N) is 1. The highest BCUT2D eigenvalue weighted by Crippen LogP contribution is 2.08. The maximum absolute atomic E-state index is 11.2. The van der Waals surface area contributed by atoms with Crippen molar-refractivity contribution in [3.63, 3.8) is 0 Å². The number of amides is 1. The minimum Gasteiger partial charge on any atom is -0.443 e. The maximum atomic E-state index is 11.2. The van der Waals surface area contributed by atoms with Crippen LogP contribution in [0.5, 0.6) is 0 Å². The van der Waals surface area contributed by atoms with Gasteiger partial charge in [-0.05, 0) is 20.8 Å². The predicted molar refractivity (Wildman–Crippen MR) is 48.9 cm³/mol. The summed E-state index contributed by atoms with van der Waals surface area (Å²) in [7, 11) is 0. The molecular weight excluding hydrogens is 170 g/mol. The number of nitrogens with zero attached hydrogens (tertiary/aromatic N) is 1. The summed E-state index contributed by atoms with van der Waals surface area (Å²) >= 11 is 0. The standard InChI is InChI=1S/C8H17N3O2/c1-8(2,3)13-7(12)10-11-4-6(9)5-11/h6H,4-5,9H2,1-3H3,(H,10,12). The van der Waals surface area contributed by atoms with Crippen molar-refractivity contribution in [2.75, 3.05) is 13.1 Å². The van der Waals surface area contributed by atoms with E-state index >= 15 is 0 Å². The molecule has 0 atom stereocenters. The van der Waals surface area contributed by atoms with E-state index in [1.54, 1.807) is 5.01 Å². The van der Waals surface area contributed by atoms with E-state index in [1.807, 2.05) is 20.8 Å². The minimum atomic E-state index is -0.447. The molecule has 76 valence electrons. The van der Waals surface area contributed by atoms with Crippen LogP contribution in [-0.2, 0) is 4.74 Å². The summed E-state index contributed by atoms with van der Waals surface area (Å²) in [5.41, 5.74) is 7.69. The fourth-order valence-corrected chi connectivity index (χ4v) is 1.03. The van der Waals surface area contributed by atoms with E-state index < -0.39 is 11.7 Å². The van der Waals surface area contributed by atoms with Crippen LogP contribution in [0.2, 0.25) is 0 Å². The van der Waals surface area contributed by atoms with Gasteiger partial charge in [-0.2, -0.15) is 0 Å². The largest absolute Gasteiger partial charge is 0.443 e. The maximum Gasteiger partial charge on any atom is 0.422 e. The number of carbonyl (C=O) groups is 1. The van der Waals surface area contributed by atoms with E-state index in [0.29, 0.717) is 13.1 Å². The summed E-state index contributed by atoms with van der Waals surface area (Å²) in [6.07, 6.45) is -0.417. The molecule has 0 aromatic rings. The van der Waals surface area contributed by atoms with Gasteiger partial charge in [-0.1, -0.05) is 0 Å². The Morgan fingerprint density at radius 1 is 1.54 bits per heavy atom. The molecule has 1 rings (SSSR count). The Morgan fingerprint density at radius 3 is 2.46 bits per heavy atom. The predicted octanol–water partition coefficient (Wildman–Crippen LogP) is 0.0690. The van der Waals surface area contributed by atoms with Crippen LogP contribution in [0, 0.1) is 0 Å². The van der Waals surface area contributed by atoms with E-state index in [-0.39, 0.29) is 6.04 Å². The van der Waals surface area contributed by atoms with Gasteiger partial charge in [0.15, 0.2) is 0 Å². The Hall–Kier alpha value is -0.810. The zero-order chi connectivity index (χ0) is 10.1. The van der Waals surface area contributed by atoms with Gasteiger partial charge in [0.2, 0.25) is 0 Å². The average molecular weight is 187 g/mol. The molecule has 1 aliphatic rings. The van der Waals surface area contributed by atoms with Crippen LogP contribution >= 0.6 is 0 Å². The third-order valence-electron chi connectivity index (χ3n) is 1.56. The Kier molecular flexibility index (Phi) is 2.77. The van der Waals surface area contributed by atoms with Crippen molar-refractivity contribution in [1.82, 2.24) is 10.4 Å². The fraction of sp³-hybridized carbons (Fsp3) is 0.875. The highest BCUT2D eigenvalue weighted by atomic mass is 16.6. The number of hydrogen-bond donors (Lipinski definition) is 2. The third kappa shape index (κ3) is 3.61. The Bertz CT molecular complexity index is 194. The average Bonchev–Trinajstić information content (AvgIpc) is 1.79. The highest BCUT2D eigenvalue weighted by molar-refractivity contribution is 5.67. The monoisotopic (exact) mass is 187 g/mol. The van der Waals surface area contributed by atoms with Gasteiger partial charge < -0.3 is 10.5 Å². The van der Waals surface area contributed by atoms with Gasteiger partial charge in [0.05, 0.1) is 0 Å². The molecule has 0 saturated carbocycles. The quantitative estimate of drug-likeness (QED) is 0.609. The summed E-state index contributed by atoms with van der Waals surface area (Å²) in [4.78, 5) is 11.2. The van der Waals surface area contributed by atoms with Gasteiger partial charge in [-0.15, -0.1) is 0 Å². The molecule has 5 heteroatoms. The number of hydrogen-bond acceptors (Lipinski definition) is 4. The fourth-order valence-electron chi connectivity index (χ4n) is 1.03. The second-order valence-electron chi connectivity index (χ2n) is 4.28. The molecule has 1 heterocycles. The normalized spacial score (nSPS) is 19.4. The second-order valence-corrected chi connectivity index (χ2v) is 4.28. The van der Waals surface area contributed by atoms with Gasteiger partial charge in [0.1, 0.15) is 5.60 Å². The minimum absolute atomic E-state index is 0.176. The molecule has 3 N–H and O–H groups in total. The molecule has 0 spiro atoms. The molecule has 1 saturated heterocycles. The van der Waals surface area contributed by atoms with Gasteiger partial charge in [0, 0.05) is 19.1 Å². The highest BCUT2D eigenvalue weighted by Gasteiger charge is 2.26. The Balaban J connectivity index is 2.19. The lowest BCUT2D eigenvalue weighted by Gasteiger charge is -2.36. The summed E-state index contributed by atoms with van der Waals surface area (Å²) in [6.45, 7) is 6.87. The lowest BCUT2D eigenvalue weighted by Crippen LogP contribution is -2.62. The zero-order valence-electron chi connectivity index (χ0n) is 8.33. The second kappa shape index (κ2) is 3.51. The molecule has 0 radical (unpaired) electrons. The van der Waals surface area contributed by atoms with Crippen molar-refractivity contribution in [3.8, 4) is 0 Å². The molecule has 1 amide bonds. The number of ether oxygens (including phenoxy) is 1. The van der Waals surface area contributed by atoms with Crippen LogP contribution < -0.4 is 11.2 Å². The van der Waals surface area contributed by atoms with Gasteiger partial charge in [0.25, 0.3) is 0 Å². The molecule has 0 unspecified atom stereocenters. The molecule has 0 aliphatic carbocycles. The Morgan fingerprint density at radius 2 is 2.08 bits per heavy atom. The van der Waals surface area contributed by atoms with E-state index in [2.05, 4.69) is 5.43 Å². The van der Waals surface area contributed by atoms with E-state index in [4.69, 9.17) is 10.5 Å². The van der Waals surface area contributed by atoms with E-state index in [1.165, 1.54) is 0 Å². The van der Waals surface area contributed by atoms with Crippen molar-refractivity contribution >= 4 is 6.09 Å². The summed E-state index contributed by atoms with van der Waals surface area (Å²) in [5, 5.41) is 1.73. The van der Waals surface area contributed by atoms with Crippen molar-refractivity contribution in [2.45, 2.75) is 32.4 Å². The Labute approximate surface area is 78.2 Å². The van der Waals surface area contributed by atoms with E-state index in [9.17, 15) is 4.79 Å². The van der Waals surface area contributed by atoms with Crippen LogP contribution in [0.15, 0.2) is 0 Å². The number of rotatable bonds is 1. The molecular formula is C8H17N3O2. The topological polar surface area (TPSA) is 67.6 Å². The van der Waals surface area contributed by atoms with Crippen LogP contribution in [0.25, 0.3) is 0 Å². The smallest absolute Gasteiger partial charge is 0.422 e. The van der Waals surface area contributed by atoms with Crippen molar-refractivity contribution < 1.29 is 9.53 Å². The molecule has 1 fully saturated rings. The van der Waals surface area contributed by atoms with Crippen molar-refractivity contribution in [3.05, 3.63) is 0 Å². The van der Waals surface area contributed by atoms with E-state index in [0.717, 1.165) is 0 Å². The van der Waals surface area contributed by atoms with Gasteiger partial charge >= 0.3 is 6.09 Å². The first-order valence-corrected chi connectivity index (χ1v) is 4.37. The van der Waals surface area contributed by atoms with Gasteiger partial charge in [-0.25, -0.2) is 9.80 Å². The lowest BCUT2D eigenvalue weighted by molar-refractivity contribution is 0.0160. The SMILES string of the molecule is CC(C)(C)OC(=O)NN1CC(N)C1. The summed E-state index contributed by atoms with van der Waals surface area (Å²) < 4.78 is 5.05. The van der Waals surface area contributed by atoms with Crippen LogP contribution in [0.1, 0.15) is 20.8 Å². The number of carbonyl (C=O) groups excluding carboxylic acids is 1. The zero-order valence-corrected chi connectivity index (χ0v) is 8.33. The molecule has 1 aliphatic heterocycles. The molecule has 0 aromatic carbocycles. The first-order valence-electron chi connectivity index (χ1n) is 4.37. The number of hydrazine groups is 1. The third-order valence-corrected chi connectivity index (χ3v) is 1.56. The van der Waals surface area contributed by atoms with Crippen LogP contribution in [0.4, 0.5) is 4.79 Å². The molecule has 13 heavy (non-hydrogen) atoms. The van der Waals surface area contributed by atoms with Gasteiger partial charge in [-0.3, -0.25) is 5.43 Å². The number of nitrogens with two attached hydrogens (primary N) is 1. The van der Waals surface area contributed by atoms with Crippen molar-refractivity contribution in [2.24, 2.45) is 5.73 Å². The molecule has 0 aromatic heterocycles. The first-order chi connectivity index (χ1) is 5.87. The summed E-state index contributed by atoms with van der Waals surface area (Å²) in [6, 6.07) is 0.176. The molecule has 0 bridgehead atoms. The van der Waals surface area contributed by atoms with Crippen molar-refractivity contribution in [1.29, 1.82) is 0 Å². The lowest BCUT2D eigenvalue weighted by atomic mass is 10.2. The first kappa shape index (κ1) is 10.3.